The number of anilines is 1. The predicted octanol–water partition coefficient (Wildman–Crippen LogP) is 4.22. The summed E-state index contributed by atoms with van der Waals surface area (Å²) in [4.78, 5) is 22.2. The summed E-state index contributed by atoms with van der Waals surface area (Å²) in [5, 5.41) is 12.3. The lowest BCUT2D eigenvalue weighted by atomic mass is 10.2. The molecule has 2 aromatic heterocycles. The molecule has 0 fully saturated rings. The number of amides is 1. The van der Waals surface area contributed by atoms with E-state index >= 15 is 0 Å². The third kappa shape index (κ3) is 6.28. The fourth-order valence-corrected chi connectivity index (χ4v) is 3.99. The first-order valence-electron chi connectivity index (χ1n) is 11.4. The molecule has 0 aliphatic rings. The van der Waals surface area contributed by atoms with Crippen molar-refractivity contribution in [2.75, 3.05) is 37.9 Å². The van der Waals surface area contributed by atoms with Crippen molar-refractivity contribution in [1.82, 2.24) is 25.1 Å². The Balaban J connectivity index is 1.45. The summed E-state index contributed by atoms with van der Waals surface area (Å²) >= 11 is 1.57. The normalized spacial score (nSPS) is 10.9. The molecule has 4 rings (SSSR count). The highest BCUT2D eigenvalue weighted by Gasteiger charge is 2.15. The van der Waals surface area contributed by atoms with E-state index in [9.17, 15) is 4.79 Å². The smallest absolute Gasteiger partial charge is 0.255 e. The lowest BCUT2D eigenvalue weighted by molar-refractivity contribution is 0.0949. The number of hydrogen-bond donors (Lipinski definition) is 2. The molecule has 4 aromatic rings. The summed E-state index contributed by atoms with van der Waals surface area (Å²) in [5.74, 6) is 2.54. The number of carbonyl (C=O) groups is 1. The van der Waals surface area contributed by atoms with Gasteiger partial charge < -0.3 is 20.1 Å². The maximum Gasteiger partial charge on any atom is 0.255 e. The highest BCUT2D eigenvalue weighted by molar-refractivity contribution is 7.99. The molecule has 0 radical (unpaired) electrons. The molecular weight excluding hydrogens is 464 g/mol. The third-order valence-corrected chi connectivity index (χ3v) is 5.79. The van der Waals surface area contributed by atoms with Crippen molar-refractivity contribution >= 4 is 34.5 Å². The second-order valence-corrected chi connectivity index (χ2v) is 8.71. The van der Waals surface area contributed by atoms with E-state index in [1.807, 2.05) is 42.5 Å². The number of para-hydroxylation sites is 2. The Hall–Kier alpha value is -3.63. The average molecular weight is 493 g/mol. The highest BCUT2D eigenvalue weighted by Crippen LogP contribution is 2.26. The number of hydrogen-bond acceptors (Lipinski definition) is 8. The molecule has 1 amide bonds. The van der Waals surface area contributed by atoms with Gasteiger partial charge in [-0.05, 0) is 30.0 Å². The van der Waals surface area contributed by atoms with Crippen LogP contribution < -0.4 is 15.4 Å². The van der Waals surface area contributed by atoms with Crippen molar-refractivity contribution in [3.63, 3.8) is 0 Å². The van der Waals surface area contributed by atoms with Crippen LogP contribution in [-0.4, -0.2) is 58.2 Å². The molecule has 0 saturated carbocycles. The van der Waals surface area contributed by atoms with Crippen LogP contribution in [-0.2, 0) is 11.3 Å². The minimum atomic E-state index is -0.216. The zero-order chi connectivity index (χ0) is 24.5. The molecule has 35 heavy (non-hydrogen) atoms. The summed E-state index contributed by atoms with van der Waals surface area (Å²) in [6.45, 7) is 4.09. The van der Waals surface area contributed by atoms with E-state index in [-0.39, 0.29) is 5.91 Å². The molecule has 9 nitrogen and oxygen atoms in total. The Labute approximate surface area is 208 Å². The van der Waals surface area contributed by atoms with Gasteiger partial charge in [0.2, 0.25) is 0 Å². The zero-order valence-corrected chi connectivity index (χ0v) is 20.5. The first-order valence-corrected chi connectivity index (χ1v) is 12.4. The maximum absolute atomic E-state index is 12.9. The van der Waals surface area contributed by atoms with E-state index in [0.29, 0.717) is 48.5 Å². The fraction of sp³-hybridized carbons (Fsp3) is 0.280. The summed E-state index contributed by atoms with van der Waals surface area (Å²) in [5.41, 5.74) is 1.19. The van der Waals surface area contributed by atoms with Crippen molar-refractivity contribution < 1.29 is 14.3 Å². The van der Waals surface area contributed by atoms with Crippen LogP contribution in [0.25, 0.3) is 11.0 Å². The SMILES string of the molecule is CCSc1nc(NCCOC)c2cnn(CCNC(=O)c3ccccc3Oc3ccccc3)c2n1. The second kappa shape index (κ2) is 12.2. The Morgan fingerprint density at radius 3 is 2.66 bits per heavy atom. The van der Waals surface area contributed by atoms with Gasteiger partial charge in [-0.1, -0.05) is 49.0 Å². The minimum absolute atomic E-state index is 0.216. The molecule has 0 aliphatic heterocycles. The quantitative estimate of drug-likeness (QED) is 0.172. The van der Waals surface area contributed by atoms with Crippen molar-refractivity contribution in [3.8, 4) is 11.5 Å². The Morgan fingerprint density at radius 1 is 1.06 bits per heavy atom. The van der Waals surface area contributed by atoms with Gasteiger partial charge in [0.25, 0.3) is 5.91 Å². The largest absolute Gasteiger partial charge is 0.457 e. The second-order valence-electron chi connectivity index (χ2n) is 7.48. The summed E-state index contributed by atoms with van der Waals surface area (Å²) in [6.07, 6.45) is 1.75. The lowest BCUT2D eigenvalue weighted by Gasteiger charge is -2.12. The van der Waals surface area contributed by atoms with Crippen LogP contribution in [0.1, 0.15) is 17.3 Å². The summed E-state index contributed by atoms with van der Waals surface area (Å²) in [7, 11) is 1.66. The Morgan fingerprint density at radius 2 is 1.86 bits per heavy atom. The molecule has 0 unspecified atom stereocenters. The monoisotopic (exact) mass is 492 g/mol. The molecule has 0 atom stereocenters. The molecule has 0 spiro atoms. The predicted molar refractivity (Wildman–Crippen MR) is 137 cm³/mol. The van der Waals surface area contributed by atoms with Crippen LogP contribution in [0.3, 0.4) is 0 Å². The van der Waals surface area contributed by atoms with Gasteiger partial charge in [0, 0.05) is 20.2 Å². The van der Waals surface area contributed by atoms with Crippen LogP contribution >= 0.6 is 11.8 Å². The van der Waals surface area contributed by atoms with Gasteiger partial charge in [-0.3, -0.25) is 4.79 Å². The minimum Gasteiger partial charge on any atom is -0.457 e. The fourth-order valence-electron chi connectivity index (χ4n) is 3.43. The van der Waals surface area contributed by atoms with Gasteiger partial charge in [-0.25, -0.2) is 14.6 Å². The third-order valence-electron chi connectivity index (χ3n) is 5.06. The Kier molecular flexibility index (Phi) is 8.53. The molecule has 0 aliphatic carbocycles. The van der Waals surface area contributed by atoms with Gasteiger partial charge in [0.1, 0.15) is 17.3 Å². The topological polar surface area (TPSA) is 103 Å². The summed E-state index contributed by atoms with van der Waals surface area (Å²) < 4.78 is 12.8. The van der Waals surface area contributed by atoms with E-state index in [0.717, 1.165) is 22.6 Å². The standard InChI is InChI=1S/C25H28N6O3S/c1-3-35-25-29-22(26-14-16-33-2)20-17-28-31(23(20)30-25)15-13-27-24(32)19-11-7-8-12-21(19)34-18-9-5-4-6-10-18/h4-12,17H,3,13-16H2,1-2H3,(H,27,32)(H,26,29,30). The summed E-state index contributed by atoms with van der Waals surface area (Å²) in [6, 6.07) is 16.6. The average Bonchev–Trinajstić information content (AvgIpc) is 3.28. The van der Waals surface area contributed by atoms with E-state index in [2.05, 4.69) is 32.6 Å². The zero-order valence-electron chi connectivity index (χ0n) is 19.7. The van der Waals surface area contributed by atoms with Crippen molar-refractivity contribution in [2.24, 2.45) is 0 Å². The number of aromatic nitrogens is 4. The molecule has 0 bridgehead atoms. The molecule has 2 N–H and O–H groups in total. The van der Waals surface area contributed by atoms with Gasteiger partial charge in [0.15, 0.2) is 10.8 Å². The highest BCUT2D eigenvalue weighted by atomic mass is 32.2. The number of ether oxygens (including phenoxy) is 2. The first kappa shape index (κ1) is 24.5. The van der Waals surface area contributed by atoms with E-state index in [1.165, 1.54) is 0 Å². The van der Waals surface area contributed by atoms with Crippen molar-refractivity contribution in [1.29, 1.82) is 0 Å². The van der Waals surface area contributed by atoms with Crippen molar-refractivity contribution in [2.45, 2.75) is 18.6 Å². The van der Waals surface area contributed by atoms with E-state index < -0.39 is 0 Å². The molecule has 2 heterocycles. The number of nitrogens with zero attached hydrogens (tertiary/aromatic N) is 4. The Bertz CT molecular complexity index is 1260. The number of thioether (sulfide) groups is 1. The van der Waals surface area contributed by atoms with Crippen LogP contribution in [0.2, 0.25) is 0 Å². The maximum atomic E-state index is 12.9. The number of fused-ring (bicyclic) bond motifs is 1. The van der Waals surface area contributed by atoms with Crippen molar-refractivity contribution in [3.05, 3.63) is 66.4 Å². The van der Waals surface area contributed by atoms with Gasteiger partial charge >= 0.3 is 0 Å². The lowest BCUT2D eigenvalue weighted by Crippen LogP contribution is -2.27. The van der Waals surface area contributed by atoms with E-state index in [4.69, 9.17) is 9.47 Å². The van der Waals surface area contributed by atoms with Crippen LogP contribution in [0.15, 0.2) is 66.0 Å². The van der Waals surface area contributed by atoms with Gasteiger partial charge in [-0.15, -0.1) is 0 Å². The number of benzene rings is 2. The van der Waals surface area contributed by atoms with Gasteiger partial charge in [-0.2, -0.15) is 5.10 Å². The molecule has 182 valence electrons. The number of methoxy groups -OCH3 is 1. The number of nitrogens with one attached hydrogen (secondary N) is 2. The molecular formula is C25H28N6O3S. The molecule has 2 aromatic carbocycles. The number of rotatable bonds is 12. The first-order chi connectivity index (χ1) is 17.2. The number of carbonyl (C=O) groups excluding carboxylic acids is 1. The van der Waals surface area contributed by atoms with Crippen LogP contribution in [0.4, 0.5) is 5.82 Å². The molecule has 10 heteroatoms. The van der Waals surface area contributed by atoms with Crippen LogP contribution in [0.5, 0.6) is 11.5 Å². The van der Waals surface area contributed by atoms with Gasteiger partial charge in [0.05, 0.1) is 30.3 Å². The van der Waals surface area contributed by atoms with E-state index in [1.54, 1.807) is 41.9 Å². The van der Waals surface area contributed by atoms with Crippen LogP contribution in [0, 0.1) is 0 Å². The molecule has 0 saturated heterocycles.